The zero-order chi connectivity index (χ0) is 8.97. The summed E-state index contributed by atoms with van der Waals surface area (Å²) in [5.74, 6) is 1.78. The third-order valence-electron chi connectivity index (χ3n) is 3.01. The van der Waals surface area contributed by atoms with Crippen molar-refractivity contribution in [2.24, 2.45) is 17.6 Å². The number of hydrogen-bond acceptors (Lipinski definition) is 1. The van der Waals surface area contributed by atoms with Crippen LogP contribution in [0.1, 0.15) is 39.5 Å². The molecule has 2 N–H and O–H groups in total. The van der Waals surface area contributed by atoms with E-state index in [2.05, 4.69) is 19.9 Å². The van der Waals surface area contributed by atoms with Crippen molar-refractivity contribution in [1.82, 2.24) is 0 Å². The van der Waals surface area contributed by atoms with Crippen LogP contribution in [0.3, 0.4) is 0 Å². The van der Waals surface area contributed by atoms with Gasteiger partial charge >= 0.3 is 0 Å². The van der Waals surface area contributed by atoms with Crippen molar-refractivity contribution in [1.29, 1.82) is 0 Å². The first-order chi connectivity index (χ1) is 5.74. The van der Waals surface area contributed by atoms with Gasteiger partial charge in [0.1, 0.15) is 0 Å². The molecule has 2 unspecified atom stereocenters. The second-order valence-electron chi connectivity index (χ2n) is 4.16. The fourth-order valence-electron chi connectivity index (χ4n) is 2.04. The normalized spacial score (nSPS) is 30.1. The van der Waals surface area contributed by atoms with E-state index in [-0.39, 0.29) is 0 Å². The van der Waals surface area contributed by atoms with Crippen LogP contribution in [-0.2, 0) is 0 Å². The lowest BCUT2D eigenvalue weighted by Gasteiger charge is -2.27. The lowest BCUT2D eigenvalue weighted by molar-refractivity contribution is 0.314. The van der Waals surface area contributed by atoms with E-state index in [9.17, 15) is 0 Å². The van der Waals surface area contributed by atoms with Crippen LogP contribution in [0.2, 0.25) is 0 Å². The highest BCUT2D eigenvalue weighted by Crippen LogP contribution is 2.31. The van der Waals surface area contributed by atoms with E-state index in [0.717, 1.165) is 18.4 Å². The summed E-state index contributed by atoms with van der Waals surface area (Å²) in [6.07, 6.45) is 7.50. The van der Waals surface area contributed by atoms with Gasteiger partial charge in [-0.2, -0.15) is 0 Å². The maximum Gasteiger partial charge on any atom is -0.00772 e. The van der Waals surface area contributed by atoms with Gasteiger partial charge < -0.3 is 5.73 Å². The Labute approximate surface area is 76.0 Å². The number of rotatable bonds is 3. The van der Waals surface area contributed by atoms with Crippen molar-refractivity contribution >= 4 is 0 Å². The summed E-state index contributed by atoms with van der Waals surface area (Å²) in [6.45, 7) is 5.47. The molecule has 0 aromatic heterocycles. The van der Waals surface area contributed by atoms with Crippen LogP contribution in [-0.4, -0.2) is 6.54 Å². The minimum absolute atomic E-state index is 0.853. The first kappa shape index (κ1) is 9.79. The minimum Gasteiger partial charge on any atom is -0.330 e. The van der Waals surface area contributed by atoms with Gasteiger partial charge in [-0.15, -0.1) is 0 Å². The molecule has 0 fully saturated rings. The lowest BCUT2D eigenvalue weighted by Crippen LogP contribution is -2.17. The third-order valence-corrected chi connectivity index (χ3v) is 3.01. The Morgan fingerprint density at radius 1 is 1.58 bits per heavy atom. The maximum absolute atomic E-state index is 5.51. The quantitative estimate of drug-likeness (QED) is 0.643. The first-order valence-corrected chi connectivity index (χ1v) is 5.09. The smallest absolute Gasteiger partial charge is 0.00772 e. The number of allylic oxidation sites excluding steroid dienone is 2. The fraction of sp³-hybridized carbons (Fsp3) is 0.818. The standard InChI is InChI=1S/C11H21N/c1-9-5-6-10(2)11(8-9)4-3-7-12/h5,10-11H,3-4,6-8,12H2,1-2H3. The molecule has 1 rings (SSSR count). The molecule has 0 spiro atoms. The van der Waals surface area contributed by atoms with E-state index < -0.39 is 0 Å². The van der Waals surface area contributed by atoms with E-state index in [4.69, 9.17) is 5.73 Å². The molecule has 0 aliphatic heterocycles. The first-order valence-electron chi connectivity index (χ1n) is 5.09. The van der Waals surface area contributed by atoms with Crippen LogP contribution < -0.4 is 5.73 Å². The molecule has 0 amide bonds. The SMILES string of the molecule is CC1=CCC(C)C(CCCN)C1. The summed E-state index contributed by atoms with van der Waals surface area (Å²) in [5, 5.41) is 0. The Morgan fingerprint density at radius 3 is 3.00 bits per heavy atom. The highest BCUT2D eigenvalue weighted by Gasteiger charge is 2.19. The third kappa shape index (κ3) is 2.63. The van der Waals surface area contributed by atoms with Crippen molar-refractivity contribution in [2.75, 3.05) is 6.54 Å². The molecular formula is C11H21N. The summed E-state index contributed by atoms with van der Waals surface area (Å²) in [5.41, 5.74) is 7.09. The lowest BCUT2D eigenvalue weighted by atomic mass is 9.79. The molecule has 0 saturated heterocycles. The summed E-state index contributed by atoms with van der Waals surface area (Å²) < 4.78 is 0. The van der Waals surface area contributed by atoms with Crippen LogP contribution in [0, 0.1) is 11.8 Å². The molecule has 1 heteroatoms. The van der Waals surface area contributed by atoms with Crippen molar-refractivity contribution in [3.63, 3.8) is 0 Å². The number of hydrogen-bond donors (Lipinski definition) is 1. The van der Waals surface area contributed by atoms with Gasteiger partial charge in [0, 0.05) is 0 Å². The van der Waals surface area contributed by atoms with Gasteiger partial charge in [-0.25, -0.2) is 0 Å². The predicted molar refractivity (Wildman–Crippen MR) is 53.9 cm³/mol. The van der Waals surface area contributed by atoms with Gasteiger partial charge in [-0.1, -0.05) is 18.6 Å². The van der Waals surface area contributed by atoms with Crippen LogP contribution >= 0.6 is 0 Å². The molecule has 0 radical (unpaired) electrons. The van der Waals surface area contributed by atoms with E-state index in [1.165, 1.54) is 25.7 Å². The topological polar surface area (TPSA) is 26.0 Å². The Morgan fingerprint density at radius 2 is 2.33 bits per heavy atom. The second kappa shape index (κ2) is 4.66. The Kier molecular flexibility index (Phi) is 3.80. The molecule has 2 atom stereocenters. The summed E-state index contributed by atoms with van der Waals surface area (Å²) in [4.78, 5) is 0. The zero-order valence-corrected chi connectivity index (χ0v) is 8.34. The molecule has 1 nitrogen and oxygen atoms in total. The Balaban J connectivity index is 2.37. The molecule has 0 saturated carbocycles. The average molecular weight is 167 g/mol. The Hall–Kier alpha value is -0.300. The minimum atomic E-state index is 0.853. The van der Waals surface area contributed by atoms with Gasteiger partial charge in [0.15, 0.2) is 0 Å². The molecule has 0 bridgehead atoms. The van der Waals surface area contributed by atoms with Gasteiger partial charge in [-0.3, -0.25) is 0 Å². The van der Waals surface area contributed by atoms with E-state index >= 15 is 0 Å². The molecule has 0 aromatic carbocycles. The summed E-state index contributed by atoms with van der Waals surface area (Å²) in [6, 6.07) is 0. The summed E-state index contributed by atoms with van der Waals surface area (Å²) >= 11 is 0. The molecule has 0 aromatic rings. The van der Waals surface area contributed by atoms with Crippen LogP contribution in [0.4, 0.5) is 0 Å². The van der Waals surface area contributed by atoms with Crippen LogP contribution in [0.25, 0.3) is 0 Å². The molecule has 0 heterocycles. The van der Waals surface area contributed by atoms with Gasteiger partial charge in [0.05, 0.1) is 0 Å². The van der Waals surface area contributed by atoms with Gasteiger partial charge in [0.2, 0.25) is 0 Å². The monoisotopic (exact) mass is 167 g/mol. The van der Waals surface area contributed by atoms with Crippen molar-refractivity contribution in [3.05, 3.63) is 11.6 Å². The Bertz CT molecular complexity index is 160. The molecular weight excluding hydrogens is 146 g/mol. The molecule has 1 aliphatic carbocycles. The number of nitrogens with two attached hydrogens (primary N) is 1. The van der Waals surface area contributed by atoms with Crippen LogP contribution in [0.15, 0.2) is 11.6 Å². The molecule has 12 heavy (non-hydrogen) atoms. The van der Waals surface area contributed by atoms with E-state index in [1.54, 1.807) is 5.57 Å². The van der Waals surface area contributed by atoms with Gasteiger partial charge in [-0.05, 0) is 51.0 Å². The maximum atomic E-state index is 5.51. The highest BCUT2D eigenvalue weighted by atomic mass is 14.5. The molecule has 70 valence electrons. The highest BCUT2D eigenvalue weighted by molar-refractivity contribution is 5.04. The predicted octanol–water partition coefficient (Wildman–Crippen LogP) is 2.72. The van der Waals surface area contributed by atoms with Crippen LogP contribution in [0.5, 0.6) is 0 Å². The molecule has 1 aliphatic rings. The van der Waals surface area contributed by atoms with Crippen molar-refractivity contribution < 1.29 is 0 Å². The van der Waals surface area contributed by atoms with E-state index in [1.807, 2.05) is 0 Å². The second-order valence-corrected chi connectivity index (χ2v) is 4.16. The van der Waals surface area contributed by atoms with E-state index in [0.29, 0.717) is 0 Å². The average Bonchev–Trinajstić information content (AvgIpc) is 2.07. The van der Waals surface area contributed by atoms with Crippen molar-refractivity contribution in [2.45, 2.75) is 39.5 Å². The van der Waals surface area contributed by atoms with Crippen molar-refractivity contribution in [3.8, 4) is 0 Å². The fourth-order valence-corrected chi connectivity index (χ4v) is 2.04. The largest absolute Gasteiger partial charge is 0.330 e. The zero-order valence-electron chi connectivity index (χ0n) is 8.34. The summed E-state index contributed by atoms with van der Waals surface area (Å²) in [7, 11) is 0. The van der Waals surface area contributed by atoms with Gasteiger partial charge in [0.25, 0.3) is 0 Å².